The van der Waals surface area contributed by atoms with Crippen molar-refractivity contribution in [2.45, 2.75) is 45.4 Å². The predicted octanol–water partition coefficient (Wildman–Crippen LogP) is 5.47. The zero-order valence-corrected chi connectivity index (χ0v) is 14.2. The van der Waals surface area contributed by atoms with Gasteiger partial charge in [0.15, 0.2) is 0 Å². The number of thiophene rings is 1. The fraction of sp³-hybridized carbons (Fsp3) is 0.625. The zero-order valence-electron chi connectivity index (χ0n) is 11.8. The Morgan fingerprint density at radius 3 is 2.79 bits per heavy atom. The Morgan fingerprint density at radius 2 is 2.16 bits per heavy atom. The monoisotopic (exact) mass is 341 g/mol. The minimum atomic E-state index is 0.805. The standard InChI is InChI=1S/C16H24BrNS/c1-2-10-18-12-14(13-6-4-3-5-7-13)11-15-8-9-16(17)19-15/h8-9,11,13,18H,2-7,10,12H2,1H3. The maximum atomic E-state index is 3.58. The van der Waals surface area contributed by atoms with Gasteiger partial charge in [-0.25, -0.2) is 0 Å². The molecular formula is C16H24BrNS. The molecule has 1 heterocycles. The molecule has 0 aromatic carbocycles. The highest BCUT2D eigenvalue weighted by Crippen LogP contribution is 2.32. The summed E-state index contributed by atoms with van der Waals surface area (Å²) in [4.78, 5) is 1.38. The van der Waals surface area contributed by atoms with Crippen molar-refractivity contribution in [2.75, 3.05) is 13.1 Å². The molecule has 1 N–H and O–H groups in total. The summed E-state index contributed by atoms with van der Waals surface area (Å²) in [7, 11) is 0. The minimum absolute atomic E-state index is 0.805. The van der Waals surface area contributed by atoms with Gasteiger partial charge in [-0.15, -0.1) is 11.3 Å². The molecule has 1 aromatic rings. The summed E-state index contributed by atoms with van der Waals surface area (Å²) in [6.07, 6.45) is 10.6. The molecule has 3 heteroatoms. The van der Waals surface area contributed by atoms with Gasteiger partial charge >= 0.3 is 0 Å². The van der Waals surface area contributed by atoms with Gasteiger partial charge in [-0.05, 0) is 65.9 Å². The van der Waals surface area contributed by atoms with E-state index in [2.05, 4.69) is 46.4 Å². The first-order chi connectivity index (χ1) is 9.29. The fourth-order valence-electron chi connectivity index (χ4n) is 2.78. The van der Waals surface area contributed by atoms with Crippen molar-refractivity contribution < 1.29 is 0 Å². The molecule has 0 amide bonds. The van der Waals surface area contributed by atoms with Crippen LogP contribution in [0.5, 0.6) is 0 Å². The van der Waals surface area contributed by atoms with Crippen LogP contribution in [0.2, 0.25) is 0 Å². The van der Waals surface area contributed by atoms with E-state index in [1.807, 2.05) is 11.3 Å². The van der Waals surface area contributed by atoms with Crippen molar-refractivity contribution >= 4 is 33.3 Å². The van der Waals surface area contributed by atoms with Crippen LogP contribution in [0.4, 0.5) is 0 Å². The van der Waals surface area contributed by atoms with Crippen LogP contribution in [-0.4, -0.2) is 13.1 Å². The highest BCUT2D eigenvalue weighted by molar-refractivity contribution is 9.11. The highest BCUT2D eigenvalue weighted by Gasteiger charge is 2.17. The molecule has 1 aliphatic rings. The topological polar surface area (TPSA) is 12.0 Å². The Balaban J connectivity index is 2.05. The Bertz CT molecular complexity index is 405. The predicted molar refractivity (Wildman–Crippen MR) is 89.7 cm³/mol. The van der Waals surface area contributed by atoms with Gasteiger partial charge in [0.1, 0.15) is 0 Å². The van der Waals surface area contributed by atoms with E-state index in [0.29, 0.717) is 0 Å². The Hall–Kier alpha value is -0.120. The lowest BCUT2D eigenvalue weighted by atomic mass is 9.83. The second-order valence-electron chi connectivity index (χ2n) is 5.37. The lowest BCUT2D eigenvalue weighted by molar-refractivity contribution is 0.397. The van der Waals surface area contributed by atoms with Gasteiger partial charge in [-0.1, -0.05) is 31.8 Å². The van der Waals surface area contributed by atoms with Crippen LogP contribution in [0.3, 0.4) is 0 Å². The van der Waals surface area contributed by atoms with E-state index < -0.39 is 0 Å². The van der Waals surface area contributed by atoms with E-state index in [1.165, 1.54) is 47.2 Å². The van der Waals surface area contributed by atoms with Gasteiger partial charge in [0.2, 0.25) is 0 Å². The lowest BCUT2D eigenvalue weighted by Gasteiger charge is -2.25. The minimum Gasteiger partial charge on any atom is -0.313 e. The summed E-state index contributed by atoms with van der Waals surface area (Å²) in [5.41, 5.74) is 1.61. The Kier molecular flexibility index (Phi) is 6.62. The van der Waals surface area contributed by atoms with E-state index >= 15 is 0 Å². The number of halogens is 1. The Labute approximate surface area is 129 Å². The molecular weight excluding hydrogens is 318 g/mol. The third-order valence-electron chi connectivity index (χ3n) is 3.81. The smallest absolute Gasteiger partial charge is 0.0704 e. The van der Waals surface area contributed by atoms with E-state index in [0.717, 1.165) is 19.0 Å². The number of rotatable bonds is 6. The molecule has 0 radical (unpaired) electrons. The molecule has 1 aromatic heterocycles. The van der Waals surface area contributed by atoms with Gasteiger partial charge < -0.3 is 5.32 Å². The first-order valence-corrected chi connectivity index (χ1v) is 9.07. The zero-order chi connectivity index (χ0) is 13.5. The molecule has 19 heavy (non-hydrogen) atoms. The lowest BCUT2D eigenvalue weighted by Crippen LogP contribution is -2.22. The van der Waals surface area contributed by atoms with Crippen molar-refractivity contribution in [3.63, 3.8) is 0 Å². The van der Waals surface area contributed by atoms with Crippen molar-refractivity contribution in [1.82, 2.24) is 5.32 Å². The number of hydrogen-bond acceptors (Lipinski definition) is 2. The fourth-order valence-corrected chi connectivity index (χ4v) is 4.19. The van der Waals surface area contributed by atoms with Crippen molar-refractivity contribution in [2.24, 2.45) is 5.92 Å². The van der Waals surface area contributed by atoms with Crippen molar-refractivity contribution in [3.05, 3.63) is 26.4 Å². The molecule has 1 saturated carbocycles. The van der Waals surface area contributed by atoms with Crippen LogP contribution in [-0.2, 0) is 0 Å². The molecule has 106 valence electrons. The summed E-state index contributed by atoms with van der Waals surface area (Å²) in [6.45, 7) is 4.42. The van der Waals surface area contributed by atoms with Crippen LogP contribution >= 0.6 is 27.3 Å². The van der Waals surface area contributed by atoms with Crippen LogP contribution in [0.1, 0.15) is 50.3 Å². The summed E-state index contributed by atoms with van der Waals surface area (Å²) in [5.74, 6) is 0.805. The third-order valence-corrected chi connectivity index (χ3v) is 5.38. The second-order valence-corrected chi connectivity index (χ2v) is 7.87. The largest absolute Gasteiger partial charge is 0.313 e. The van der Waals surface area contributed by atoms with Crippen LogP contribution in [0, 0.1) is 5.92 Å². The van der Waals surface area contributed by atoms with E-state index in [9.17, 15) is 0 Å². The van der Waals surface area contributed by atoms with Gasteiger partial charge in [0, 0.05) is 11.4 Å². The Morgan fingerprint density at radius 1 is 1.37 bits per heavy atom. The third kappa shape index (κ3) is 5.05. The van der Waals surface area contributed by atoms with Crippen LogP contribution < -0.4 is 5.32 Å². The van der Waals surface area contributed by atoms with Crippen molar-refractivity contribution in [3.8, 4) is 0 Å². The molecule has 1 aliphatic carbocycles. The first-order valence-electron chi connectivity index (χ1n) is 7.46. The van der Waals surface area contributed by atoms with Gasteiger partial charge in [0.25, 0.3) is 0 Å². The SMILES string of the molecule is CCCNCC(=Cc1ccc(Br)s1)C1CCCCC1. The van der Waals surface area contributed by atoms with Crippen molar-refractivity contribution in [1.29, 1.82) is 0 Å². The van der Waals surface area contributed by atoms with E-state index in [4.69, 9.17) is 0 Å². The average molecular weight is 342 g/mol. The van der Waals surface area contributed by atoms with E-state index in [1.54, 1.807) is 5.57 Å². The molecule has 0 aliphatic heterocycles. The summed E-state index contributed by atoms with van der Waals surface area (Å²) in [5, 5.41) is 3.58. The molecule has 1 fully saturated rings. The number of nitrogens with one attached hydrogen (secondary N) is 1. The first kappa shape index (κ1) is 15.3. The second kappa shape index (κ2) is 8.23. The van der Waals surface area contributed by atoms with E-state index in [-0.39, 0.29) is 0 Å². The molecule has 0 saturated heterocycles. The molecule has 0 bridgehead atoms. The average Bonchev–Trinajstić information content (AvgIpc) is 2.84. The van der Waals surface area contributed by atoms with Crippen LogP contribution in [0.15, 0.2) is 21.5 Å². The normalized spacial score (nSPS) is 17.9. The highest BCUT2D eigenvalue weighted by atomic mass is 79.9. The summed E-state index contributed by atoms with van der Waals surface area (Å²) < 4.78 is 1.23. The molecule has 0 atom stereocenters. The van der Waals surface area contributed by atoms with Crippen LogP contribution in [0.25, 0.3) is 6.08 Å². The van der Waals surface area contributed by atoms with Gasteiger partial charge in [-0.2, -0.15) is 0 Å². The quantitative estimate of drug-likeness (QED) is 0.676. The maximum absolute atomic E-state index is 3.58. The summed E-state index contributed by atoms with van der Waals surface area (Å²) in [6, 6.07) is 4.37. The molecule has 2 rings (SSSR count). The molecule has 1 nitrogen and oxygen atoms in total. The van der Waals surface area contributed by atoms with Gasteiger partial charge in [-0.3, -0.25) is 0 Å². The molecule has 0 spiro atoms. The summed E-state index contributed by atoms with van der Waals surface area (Å²) >= 11 is 5.39. The number of hydrogen-bond donors (Lipinski definition) is 1. The maximum Gasteiger partial charge on any atom is 0.0704 e. The molecule has 0 unspecified atom stereocenters. The van der Waals surface area contributed by atoms with Gasteiger partial charge in [0.05, 0.1) is 3.79 Å².